The number of fused-ring (bicyclic) bond motifs is 1. The highest BCUT2D eigenvalue weighted by Gasteiger charge is 2.19. The Hall–Kier alpha value is -2.29. The maximum absolute atomic E-state index is 12.4. The number of anilines is 2. The van der Waals surface area contributed by atoms with Gasteiger partial charge in [0.25, 0.3) is 0 Å². The molecule has 0 aromatic heterocycles. The van der Waals surface area contributed by atoms with Crippen molar-refractivity contribution in [2.45, 2.75) is 33.6 Å². The third-order valence-corrected chi connectivity index (χ3v) is 4.44. The van der Waals surface area contributed by atoms with Crippen molar-refractivity contribution in [2.24, 2.45) is 0 Å². The number of benzene rings is 2. The van der Waals surface area contributed by atoms with Crippen LogP contribution in [0, 0.1) is 20.8 Å². The molecule has 0 saturated heterocycles. The SMILES string of the molecule is Cc1ccc(NC(=O)CN2CCCc3cc(C)ccc32)c(C)c1. The van der Waals surface area contributed by atoms with Gasteiger partial charge < -0.3 is 10.2 Å². The van der Waals surface area contributed by atoms with Gasteiger partial charge in [-0.1, -0.05) is 35.4 Å². The Morgan fingerprint density at radius 1 is 1.09 bits per heavy atom. The molecule has 0 bridgehead atoms. The molecule has 0 spiro atoms. The fourth-order valence-corrected chi connectivity index (χ4v) is 3.29. The van der Waals surface area contributed by atoms with Gasteiger partial charge in [-0.05, 0) is 56.9 Å². The standard InChI is InChI=1S/C20H24N2O/c1-14-6-8-18(16(3)11-14)21-20(23)13-22-10-4-5-17-12-15(2)7-9-19(17)22/h6-9,11-12H,4-5,10,13H2,1-3H3,(H,21,23). The van der Waals surface area contributed by atoms with Crippen molar-refractivity contribution in [2.75, 3.05) is 23.3 Å². The summed E-state index contributed by atoms with van der Waals surface area (Å²) < 4.78 is 0. The number of hydrogen-bond donors (Lipinski definition) is 1. The molecule has 3 rings (SSSR count). The van der Waals surface area contributed by atoms with Crippen molar-refractivity contribution in [3.63, 3.8) is 0 Å². The lowest BCUT2D eigenvalue weighted by molar-refractivity contribution is -0.115. The smallest absolute Gasteiger partial charge is 0.243 e. The molecule has 0 aliphatic carbocycles. The fourth-order valence-electron chi connectivity index (χ4n) is 3.29. The second kappa shape index (κ2) is 6.45. The van der Waals surface area contributed by atoms with Gasteiger partial charge in [0.2, 0.25) is 5.91 Å². The van der Waals surface area contributed by atoms with Gasteiger partial charge in [0.05, 0.1) is 6.54 Å². The van der Waals surface area contributed by atoms with Crippen LogP contribution >= 0.6 is 0 Å². The van der Waals surface area contributed by atoms with Gasteiger partial charge in [0.15, 0.2) is 0 Å². The lowest BCUT2D eigenvalue weighted by Crippen LogP contribution is -2.36. The zero-order valence-electron chi connectivity index (χ0n) is 14.1. The Bertz CT molecular complexity index is 736. The Kier molecular flexibility index (Phi) is 4.37. The number of rotatable bonds is 3. The minimum Gasteiger partial charge on any atom is -0.362 e. The maximum atomic E-state index is 12.4. The van der Waals surface area contributed by atoms with E-state index in [0.29, 0.717) is 6.54 Å². The van der Waals surface area contributed by atoms with Crippen LogP contribution in [0.25, 0.3) is 0 Å². The first-order valence-corrected chi connectivity index (χ1v) is 8.24. The maximum Gasteiger partial charge on any atom is 0.243 e. The van der Waals surface area contributed by atoms with Crippen LogP contribution in [0.3, 0.4) is 0 Å². The number of aryl methyl sites for hydroxylation is 4. The molecule has 0 atom stereocenters. The predicted molar refractivity (Wildman–Crippen MR) is 96.3 cm³/mol. The van der Waals surface area contributed by atoms with Crippen molar-refractivity contribution in [1.29, 1.82) is 0 Å². The number of carbonyl (C=O) groups excluding carboxylic acids is 1. The van der Waals surface area contributed by atoms with E-state index in [0.717, 1.165) is 30.6 Å². The highest BCUT2D eigenvalue weighted by molar-refractivity contribution is 5.95. The van der Waals surface area contributed by atoms with E-state index >= 15 is 0 Å². The molecule has 120 valence electrons. The van der Waals surface area contributed by atoms with E-state index in [4.69, 9.17) is 0 Å². The van der Waals surface area contributed by atoms with E-state index < -0.39 is 0 Å². The van der Waals surface area contributed by atoms with E-state index in [1.807, 2.05) is 19.1 Å². The third-order valence-electron chi connectivity index (χ3n) is 4.44. The van der Waals surface area contributed by atoms with Gasteiger partial charge in [-0.3, -0.25) is 4.79 Å². The van der Waals surface area contributed by atoms with Crippen LogP contribution in [0.5, 0.6) is 0 Å². The molecule has 1 aliphatic heterocycles. The number of hydrogen-bond acceptors (Lipinski definition) is 2. The molecule has 1 aliphatic rings. The monoisotopic (exact) mass is 308 g/mol. The summed E-state index contributed by atoms with van der Waals surface area (Å²) in [5, 5.41) is 3.05. The van der Waals surface area contributed by atoms with Crippen molar-refractivity contribution in [3.05, 3.63) is 58.7 Å². The highest BCUT2D eigenvalue weighted by atomic mass is 16.2. The fraction of sp³-hybridized carbons (Fsp3) is 0.350. The minimum absolute atomic E-state index is 0.0466. The van der Waals surface area contributed by atoms with Crippen LogP contribution in [0.2, 0.25) is 0 Å². The van der Waals surface area contributed by atoms with Gasteiger partial charge in [0.1, 0.15) is 0 Å². The Balaban J connectivity index is 1.72. The van der Waals surface area contributed by atoms with E-state index in [2.05, 4.69) is 48.3 Å². The summed E-state index contributed by atoms with van der Waals surface area (Å²) in [6.45, 7) is 7.55. The lowest BCUT2D eigenvalue weighted by Gasteiger charge is -2.31. The van der Waals surface area contributed by atoms with Crippen molar-refractivity contribution >= 4 is 17.3 Å². The molecule has 0 unspecified atom stereocenters. The zero-order chi connectivity index (χ0) is 16.4. The molecule has 0 fully saturated rings. The van der Waals surface area contributed by atoms with Crippen LogP contribution in [0.1, 0.15) is 28.7 Å². The van der Waals surface area contributed by atoms with E-state index in [1.54, 1.807) is 0 Å². The van der Waals surface area contributed by atoms with Crippen LogP contribution in [0.4, 0.5) is 11.4 Å². The van der Waals surface area contributed by atoms with Crippen LogP contribution < -0.4 is 10.2 Å². The topological polar surface area (TPSA) is 32.3 Å². The summed E-state index contributed by atoms with van der Waals surface area (Å²) in [5.41, 5.74) is 7.06. The highest BCUT2D eigenvalue weighted by Crippen LogP contribution is 2.27. The Labute approximate surface area is 138 Å². The molecule has 1 heterocycles. The van der Waals surface area contributed by atoms with Gasteiger partial charge in [-0.25, -0.2) is 0 Å². The molecule has 0 radical (unpaired) electrons. The van der Waals surface area contributed by atoms with Crippen molar-refractivity contribution in [1.82, 2.24) is 0 Å². The van der Waals surface area contributed by atoms with Gasteiger partial charge in [0, 0.05) is 17.9 Å². The first-order valence-electron chi connectivity index (χ1n) is 8.24. The summed E-state index contributed by atoms with van der Waals surface area (Å²) in [5.74, 6) is 0.0466. The first-order chi connectivity index (χ1) is 11.0. The average Bonchev–Trinajstić information content (AvgIpc) is 2.50. The van der Waals surface area contributed by atoms with Gasteiger partial charge in [-0.2, -0.15) is 0 Å². The first kappa shape index (κ1) is 15.6. The lowest BCUT2D eigenvalue weighted by atomic mass is 9.99. The second-order valence-corrected chi connectivity index (χ2v) is 6.52. The largest absolute Gasteiger partial charge is 0.362 e. The molecular weight excluding hydrogens is 284 g/mol. The molecule has 0 saturated carbocycles. The normalized spacial score (nSPS) is 13.6. The van der Waals surface area contributed by atoms with E-state index in [-0.39, 0.29) is 5.91 Å². The predicted octanol–water partition coefficient (Wildman–Crippen LogP) is 4.00. The minimum atomic E-state index is 0.0466. The third kappa shape index (κ3) is 3.55. The number of nitrogens with one attached hydrogen (secondary N) is 1. The van der Waals surface area contributed by atoms with Crippen molar-refractivity contribution < 1.29 is 4.79 Å². The molecule has 23 heavy (non-hydrogen) atoms. The summed E-state index contributed by atoms with van der Waals surface area (Å²) in [6.07, 6.45) is 2.21. The molecule has 3 heteroatoms. The van der Waals surface area contributed by atoms with E-state index in [1.165, 1.54) is 22.4 Å². The summed E-state index contributed by atoms with van der Waals surface area (Å²) in [7, 11) is 0. The zero-order valence-corrected chi connectivity index (χ0v) is 14.1. The second-order valence-electron chi connectivity index (χ2n) is 6.52. The van der Waals surface area contributed by atoms with Crippen molar-refractivity contribution in [3.8, 4) is 0 Å². The molecule has 1 amide bonds. The molecule has 2 aromatic rings. The average molecular weight is 308 g/mol. The summed E-state index contributed by atoms with van der Waals surface area (Å²) >= 11 is 0. The number of amides is 1. The van der Waals surface area contributed by atoms with Gasteiger partial charge in [-0.15, -0.1) is 0 Å². The molecule has 1 N–H and O–H groups in total. The Morgan fingerprint density at radius 2 is 1.83 bits per heavy atom. The number of nitrogens with zero attached hydrogens (tertiary/aromatic N) is 1. The van der Waals surface area contributed by atoms with E-state index in [9.17, 15) is 4.79 Å². The van der Waals surface area contributed by atoms with Crippen LogP contribution in [-0.2, 0) is 11.2 Å². The number of carbonyl (C=O) groups is 1. The summed E-state index contributed by atoms with van der Waals surface area (Å²) in [6, 6.07) is 12.6. The van der Waals surface area contributed by atoms with Crippen LogP contribution in [0.15, 0.2) is 36.4 Å². The summed E-state index contributed by atoms with van der Waals surface area (Å²) in [4.78, 5) is 14.6. The van der Waals surface area contributed by atoms with Crippen LogP contribution in [-0.4, -0.2) is 19.0 Å². The Morgan fingerprint density at radius 3 is 2.61 bits per heavy atom. The molecule has 2 aromatic carbocycles. The van der Waals surface area contributed by atoms with Gasteiger partial charge >= 0.3 is 0 Å². The quantitative estimate of drug-likeness (QED) is 0.929. The molecule has 3 nitrogen and oxygen atoms in total. The molecular formula is C20H24N2O.